The number of carbonyl (C=O) groups excluding carboxylic acids is 2. The normalized spacial score (nSPS) is 18.7. The molecule has 0 spiro atoms. The maximum atomic E-state index is 12.0. The van der Waals surface area contributed by atoms with Gasteiger partial charge in [0.05, 0.1) is 5.92 Å². The van der Waals surface area contributed by atoms with Crippen molar-refractivity contribution >= 4 is 17.5 Å². The molecule has 2 rings (SSSR count). The zero-order chi connectivity index (χ0) is 13.8. The van der Waals surface area contributed by atoms with Gasteiger partial charge in [0, 0.05) is 25.2 Å². The van der Waals surface area contributed by atoms with Crippen molar-refractivity contribution in [3.8, 4) is 0 Å². The van der Waals surface area contributed by atoms with E-state index in [-0.39, 0.29) is 17.7 Å². The largest absolute Gasteiger partial charge is 0.356 e. The standard InChI is InChI=1S/C15H20N2O2/c1-3-8-16-15(19)12-9-14(18)17(10-12)13-6-4-11(2)5-7-13/h4-7,12H,3,8-10H2,1-2H3,(H,16,19). The van der Waals surface area contributed by atoms with E-state index in [1.54, 1.807) is 4.90 Å². The Morgan fingerprint density at radius 1 is 1.37 bits per heavy atom. The van der Waals surface area contributed by atoms with E-state index < -0.39 is 0 Å². The molecular formula is C15H20N2O2. The van der Waals surface area contributed by atoms with Gasteiger partial charge in [-0.15, -0.1) is 0 Å². The molecule has 102 valence electrons. The zero-order valence-corrected chi connectivity index (χ0v) is 11.5. The molecule has 1 heterocycles. The number of amides is 2. The van der Waals surface area contributed by atoms with Crippen LogP contribution in [0.25, 0.3) is 0 Å². The number of hydrogen-bond acceptors (Lipinski definition) is 2. The molecule has 19 heavy (non-hydrogen) atoms. The molecule has 0 aromatic heterocycles. The average Bonchev–Trinajstić information content (AvgIpc) is 2.79. The topological polar surface area (TPSA) is 49.4 Å². The van der Waals surface area contributed by atoms with Gasteiger partial charge < -0.3 is 10.2 Å². The van der Waals surface area contributed by atoms with Gasteiger partial charge in [-0.2, -0.15) is 0 Å². The lowest BCUT2D eigenvalue weighted by atomic mass is 10.1. The first-order valence-electron chi connectivity index (χ1n) is 6.76. The highest BCUT2D eigenvalue weighted by molar-refractivity contribution is 6.00. The second-order valence-electron chi connectivity index (χ2n) is 5.03. The van der Waals surface area contributed by atoms with Crippen molar-refractivity contribution < 1.29 is 9.59 Å². The van der Waals surface area contributed by atoms with Crippen LogP contribution in [0.5, 0.6) is 0 Å². The number of nitrogens with one attached hydrogen (secondary N) is 1. The maximum Gasteiger partial charge on any atom is 0.227 e. The summed E-state index contributed by atoms with van der Waals surface area (Å²) in [4.78, 5) is 25.6. The lowest BCUT2D eigenvalue weighted by Crippen LogP contribution is -2.33. The van der Waals surface area contributed by atoms with Crippen LogP contribution >= 0.6 is 0 Å². The van der Waals surface area contributed by atoms with Crippen LogP contribution in [0.4, 0.5) is 5.69 Å². The fourth-order valence-electron chi connectivity index (χ4n) is 2.25. The molecule has 0 radical (unpaired) electrons. The van der Waals surface area contributed by atoms with Gasteiger partial charge in [-0.05, 0) is 25.5 Å². The third-order valence-corrected chi connectivity index (χ3v) is 3.39. The Morgan fingerprint density at radius 3 is 2.68 bits per heavy atom. The molecule has 1 atom stereocenters. The summed E-state index contributed by atoms with van der Waals surface area (Å²) in [6.07, 6.45) is 1.22. The van der Waals surface area contributed by atoms with Gasteiger partial charge in [0.15, 0.2) is 0 Å². The molecule has 1 fully saturated rings. The number of benzene rings is 1. The van der Waals surface area contributed by atoms with Crippen molar-refractivity contribution in [3.63, 3.8) is 0 Å². The Morgan fingerprint density at radius 2 is 2.05 bits per heavy atom. The van der Waals surface area contributed by atoms with Crippen molar-refractivity contribution in [3.05, 3.63) is 29.8 Å². The third kappa shape index (κ3) is 3.13. The molecule has 1 N–H and O–H groups in total. The summed E-state index contributed by atoms with van der Waals surface area (Å²) in [5, 5.41) is 2.86. The van der Waals surface area contributed by atoms with Gasteiger partial charge in [0.2, 0.25) is 11.8 Å². The SMILES string of the molecule is CCCNC(=O)C1CC(=O)N(c2ccc(C)cc2)C1. The van der Waals surface area contributed by atoms with Crippen LogP contribution < -0.4 is 10.2 Å². The Hall–Kier alpha value is -1.84. The van der Waals surface area contributed by atoms with E-state index in [9.17, 15) is 9.59 Å². The summed E-state index contributed by atoms with van der Waals surface area (Å²) in [5.74, 6) is -0.203. The minimum atomic E-state index is -0.222. The van der Waals surface area contributed by atoms with Gasteiger partial charge in [-0.25, -0.2) is 0 Å². The van der Waals surface area contributed by atoms with Crippen LogP contribution in [-0.2, 0) is 9.59 Å². The predicted molar refractivity (Wildman–Crippen MR) is 74.9 cm³/mol. The predicted octanol–water partition coefficient (Wildman–Crippen LogP) is 1.87. The number of rotatable bonds is 4. The first kappa shape index (κ1) is 13.6. The van der Waals surface area contributed by atoms with Crippen molar-refractivity contribution in [2.24, 2.45) is 5.92 Å². The molecule has 4 heteroatoms. The summed E-state index contributed by atoms with van der Waals surface area (Å²) in [7, 11) is 0. The molecule has 0 bridgehead atoms. The smallest absolute Gasteiger partial charge is 0.227 e. The second-order valence-corrected chi connectivity index (χ2v) is 5.03. The minimum absolute atomic E-state index is 0.00943. The fourth-order valence-corrected chi connectivity index (χ4v) is 2.25. The molecular weight excluding hydrogens is 240 g/mol. The van der Waals surface area contributed by atoms with E-state index in [1.165, 1.54) is 0 Å². The van der Waals surface area contributed by atoms with Crippen molar-refractivity contribution in [2.45, 2.75) is 26.7 Å². The van der Waals surface area contributed by atoms with Crippen molar-refractivity contribution in [1.82, 2.24) is 5.32 Å². The Bertz CT molecular complexity index is 468. The molecule has 2 amide bonds. The highest BCUT2D eigenvalue weighted by Gasteiger charge is 2.34. The molecule has 1 aromatic carbocycles. The van der Waals surface area contributed by atoms with E-state index in [2.05, 4.69) is 5.32 Å². The minimum Gasteiger partial charge on any atom is -0.356 e. The highest BCUT2D eigenvalue weighted by atomic mass is 16.2. The Labute approximate surface area is 113 Å². The van der Waals surface area contributed by atoms with Crippen molar-refractivity contribution in [1.29, 1.82) is 0 Å². The number of anilines is 1. The molecule has 1 unspecified atom stereocenters. The summed E-state index contributed by atoms with van der Waals surface area (Å²) < 4.78 is 0. The van der Waals surface area contributed by atoms with Crippen LogP contribution in [0, 0.1) is 12.8 Å². The summed E-state index contributed by atoms with van der Waals surface area (Å²) in [6, 6.07) is 7.82. The average molecular weight is 260 g/mol. The van der Waals surface area contributed by atoms with Crippen LogP contribution in [0.1, 0.15) is 25.3 Å². The van der Waals surface area contributed by atoms with E-state index in [4.69, 9.17) is 0 Å². The number of aryl methyl sites for hydroxylation is 1. The van der Waals surface area contributed by atoms with Gasteiger partial charge >= 0.3 is 0 Å². The van der Waals surface area contributed by atoms with Crippen LogP contribution in [0.15, 0.2) is 24.3 Å². The van der Waals surface area contributed by atoms with Gasteiger partial charge in [0.25, 0.3) is 0 Å². The quantitative estimate of drug-likeness (QED) is 0.898. The summed E-state index contributed by atoms with van der Waals surface area (Å²) >= 11 is 0. The molecule has 4 nitrogen and oxygen atoms in total. The van der Waals surface area contributed by atoms with Gasteiger partial charge in [-0.1, -0.05) is 24.6 Å². The highest BCUT2D eigenvalue weighted by Crippen LogP contribution is 2.25. The summed E-state index contributed by atoms with van der Waals surface area (Å²) in [6.45, 7) is 5.18. The summed E-state index contributed by atoms with van der Waals surface area (Å²) in [5.41, 5.74) is 2.04. The molecule has 0 aliphatic carbocycles. The molecule has 1 saturated heterocycles. The fraction of sp³-hybridized carbons (Fsp3) is 0.467. The molecule has 0 saturated carbocycles. The van der Waals surface area contributed by atoms with Gasteiger partial charge in [0.1, 0.15) is 0 Å². The number of hydrogen-bond donors (Lipinski definition) is 1. The monoisotopic (exact) mass is 260 g/mol. The first-order valence-corrected chi connectivity index (χ1v) is 6.76. The Kier molecular flexibility index (Phi) is 4.20. The molecule has 1 aromatic rings. The van der Waals surface area contributed by atoms with Crippen LogP contribution in [0.3, 0.4) is 0 Å². The van der Waals surface area contributed by atoms with E-state index in [0.717, 1.165) is 17.7 Å². The molecule has 1 aliphatic rings. The number of nitrogens with zero attached hydrogens (tertiary/aromatic N) is 1. The lowest BCUT2D eigenvalue weighted by Gasteiger charge is -2.16. The first-order chi connectivity index (χ1) is 9.11. The van der Waals surface area contributed by atoms with Crippen molar-refractivity contribution in [2.75, 3.05) is 18.0 Å². The van der Waals surface area contributed by atoms with E-state index in [0.29, 0.717) is 19.5 Å². The van der Waals surface area contributed by atoms with E-state index >= 15 is 0 Å². The second kappa shape index (κ2) is 5.87. The van der Waals surface area contributed by atoms with Gasteiger partial charge in [-0.3, -0.25) is 9.59 Å². The van der Waals surface area contributed by atoms with Crippen LogP contribution in [0.2, 0.25) is 0 Å². The Balaban J connectivity index is 2.03. The third-order valence-electron chi connectivity index (χ3n) is 3.39. The number of carbonyl (C=O) groups is 2. The zero-order valence-electron chi connectivity index (χ0n) is 11.5. The maximum absolute atomic E-state index is 12.0. The molecule has 1 aliphatic heterocycles. The van der Waals surface area contributed by atoms with E-state index in [1.807, 2.05) is 38.1 Å². The lowest BCUT2D eigenvalue weighted by molar-refractivity contribution is -0.126. The van der Waals surface area contributed by atoms with Crippen LogP contribution in [-0.4, -0.2) is 24.9 Å².